The Hall–Kier alpha value is -2.68. The molecule has 2 aromatic carbocycles. The van der Waals surface area contributed by atoms with Gasteiger partial charge in [0, 0.05) is 18.0 Å². The maximum atomic E-state index is 6.02. The van der Waals surface area contributed by atoms with Crippen LogP contribution in [0.4, 0.5) is 0 Å². The van der Waals surface area contributed by atoms with Crippen molar-refractivity contribution in [2.24, 2.45) is 0 Å². The molecular weight excluding hydrogens is 272 g/mol. The summed E-state index contributed by atoms with van der Waals surface area (Å²) in [7, 11) is 0. The number of para-hydroxylation sites is 1. The smallest absolute Gasteiger partial charge is 0.133 e. The Morgan fingerprint density at radius 2 is 1.45 bits per heavy atom. The first-order valence-electron chi connectivity index (χ1n) is 7.27. The first-order valence-corrected chi connectivity index (χ1v) is 7.27. The zero-order chi connectivity index (χ0) is 15.5. The van der Waals surface area contributed by atoms with Crippen LogP contribution in [0.1, 0.15) is 16.8 Å². The number of rotatable bonds is 3. The van der Waals surface area contributed by atoms with Crippen molar-refractivity contribution in [3.8, 4) is 22.8 Å². The van der Waals surface area contributed by atoms with Gasteiger partial charge in [0.2, 0.25) is 0 Å². The fourth-order valence-electron chi connectivity index (χ4n) is 2.55. The molecule has 3 nitrogen and oxygen atoms in total. The maximum absolute atomic E-state index is 6.02. The van der Waals surface area contributed by atoms with Crippen molar-refractivity contribution >= 4 is 0 Å². The third-order valence-corrected chi connectivity index (χ3v) is 3.58. The van der Waals surface area contributed by atoms with Gasteiger partial charge in [-0.15, -0.1) is 0 Å². The molecule has 0 atom stereocenters. The molecule has 0 unspecified atom stereocenters. The molecule has 0 aliphatic carbocycles. The predicted octanol–water partition coefficient (Wildman–Crippen LogP) is 4.86. The van der Waals surface area contributed by atoms with E-state index in [1.807, 2.05) is 37.3 Å². The highest BCUT2D eigenvalue weighted by Crippen LogP contribution is 2.33. The van der Waals surface area contributed by atoms with Gasteiger partial charge in [0.15, 0.2) is 0 Å². The molecule has 0 amide bonds. The molecule has 0 saturated heterocycles. The fraction of sp³-hybridized carbons (Fsp3) is 0.158. The molecule has 1 aromatic heterocycles. The van der Waals surface area contributed by atoms with Crippen LogP contribution in [0.2, 0.25) is 0 Å². The average Bonchev–Trinajstić information content (AvgIpc) is 2.52. The largest absolute Gasteiger partial charge is 0.457 e. The monoisotopic (exact) mass is 290 g/mol. The van der Waals surface area contributed by atoms with E-state index in [4.69, 9.17) is 4.74 Å². The molecule has 3 heteroatoms. The second-order valence-corrected chi connectivity index (χ2v) is 5.34. The normalized spacial score (nSPS) is 10.5. The fourth-order valence-corrected chi connectivity index (χ4v) is 2.55. The van der Waals surface area contributed by atoms with Crippen LogP contribution in [0.5, 0.6) is 11.5 Å². The second-order valence-electron chi connectivity index (χ2n) is 5.34. The van der Waals surface area contributed by atoms with E-state index in [2.05, 4.69) is 35.9 Å². The average molecular weight is 290 g/mol. The lowest BCUT2D eigenvalue weighted by atomic mass is 10.0. The topological polar surface area (TPSA) is 35.0 Å². The first kappa shape index (κ1) is 14.3. The summed E-state index contributed by atoms with van der Waals surface area (Å²) in [5.41, 5.74) is 5.09. The summed E-state index contributed by atoms with van der Waals surface area (Å²) in [5.74, 6) is 1.74. The van der Waals surface area contributed by atoms with Crippen molar-refractivity contribution < 1.29 is 4.74 Å². The van der Waals surface area contributed by atoms with Crippen LogP contribution in [0.3, 0.4) is 0 Å². The van der Waals surface area contributed by atoms with Gasteiger partial charge in [0.05, 0.1) is 11.4 Å². The van der Waals surface area contributed by atoms with Gasteiger partial charge in [-0.05, 0) is 56.2 Å². The van der Waals surface area contributed by atoms with E-state index in [9.17, 15) is 0 Å². The minimum absolute atomic E-state index is 0.845. The van der Waals surface area contributed by atoms with E-state index in [1.54, 1.807) is 12.4 Å². The maximum Gasteiger partial charge on any atom is 0.133 e. The number of benzene rings is 2. The summed E-state index contributed by atoms with van der Waals surface area (Å²) < 4.78 is 6.02. The minimum atomic E-state index is 0.845. The Morgan fingerprint density at radius 1 is 0.818 bits per heavy atom. The number of hydrogen-bond acceptors (Lipinski definition) is 3. The van der Waals surface area contributed by atoms with E-state index < -0.39 is 0 Å². The van der Waals surface area contributed by atoms with Crippen molar-refractivity contribution in [1.82, 2.24) is 9.97 Å². The molecule has 3 aromatic rings. The number of aryl methyl sites for hydroxylation is 3. The Labute approximate surface area is 130 Å². The van der Waals surface area contributed by atoms with Crippen LogP contribution >= 0.6 is 0 Å². The Kier molecular flexibility index (Phi) is 3.88. The number of nitrogens with zero attached hydrogens (tertiary/aromatic N) is 2. The summed E-state index contributed by atoms with van der Waals surface area (Å²) in [5, 5.41) is 0. The molecule has 0 bridgehead atoms. The second kappa shape index (κ2) is 5.98. The first-order chi connectivity index (χ1) is 10.6. The quantitative estimate of drug-likeness (QED) is 0.691. The third kappa shape index (κ3) is 2.84. The van der Waals surface area contributed by atoms with Crippen LogP contribution in [0.25, 0.3) is 11.3 Å². The molecular formula is C19H18N2O. The lowest BCUT2D eigenvalue weighted by Gasteiger charge is -2.14. The summed E-state index contributed by atoms with van der Waals surface area (Å²) in [6.45, 7) is 6.09. The van der Waals surface area contributed by atoms with Gasteiger partial charge in [0.1, 0.15) is 11.5 Å². The van der Waals surface area contributed by atoms with Gasteiger partial charge in [-0.25, -0.2) is 0 Å². The van der Waals surface area contributed by atoms with Crippen LogP contribution < -0.4 is 4.74 Å². The lowest BCUT2D eigenvalue weighted by molar-refractivity contribution is 0.475. The minimum Gasteiger partial charge on any atom is -0.457 e. The van der Waals surface area contributed by atoms with E-state index in [0.29, 0.717) is 0 Å². The van der Waals surface area contributed by atoms with Gasteiger partial charge in [-0.3, -0.25) is 9.97 Å². The predicted molar refractivity (Wildman–Crippen MR) is 88.2 cm³/mol. The van der Waals surface area contributed by atoms with Gasteiger partial charge in [0.25, 0.3) is 0 Å². The van der Waals surface area contributed by atoms with Crippen LogP contribution in [-0.4, -0.2) is 9.97 Å². The van der Waals surface area contributed by atoms with Crippen LogP contribution in [0.15, 0.2) is 54.9 Å². The van der Waals surface area contributed by atoms with Crippen molar-refractivity contribution in [1.29, 1.82) is 0 Å². The van der Waals surface area contributed by atoms with Crippen molar-refractivity contribution in [2.45, 2.75) is 20.8 Å². The zero-order valence-electron chi connectivity index (χ0n) is 13.0. The van der Waals surface area contributed by atoms with E-state index in [0.717, 1.165) is 39.6 Å². The zero-order valence-corrected chi connectivity index (χ0v) is 13.0. The standard InChI is InChI=1S/C19H18N2O/c1-13-11-16(18-15(3)20-9-10-21-18)12-14(2)19(13)22-17-7-5-4-6-8-17/h4-12H,1-3H3. The van der Waals surface area contributed by atoms with E-state index in [-0.39, 0.29) is 0 Å². The third-order valence-electron chi connectivity index (χ3n) is 3.58. The van der Waals surface area contributed by atoms with Crippen molar-refractivity contribution in [2.75, 3.05) is 0 Å². The Morgan fingerprint density at radius 3 is 2.09 bits per heavy atom. The van der Waals surface area contributed by atoms with Gasteiger partial charge >= 0.3 is 0 Å². The Balaban J connectivity index is 2.00. The Bertz CT molecular complexity index is 775. The van der Waals surface area contributed by atoms with E-state index >= 15 is 0 Å². The van der Waals surface area contributed by atoms with Gasteiger partial charge in [-0.1, -0.05) is 18.2 Å². The molecule has 0 spiro atoms. The molecule has 0 radical (unpaired) electrons. The summed E-state index contributed by atoms with van der Waals surface area (Å²) in [4.78, 5) is 8.75. The van der Waals surface area contributed by atoms with Gasteiger partial charge in [-0.2, -0.15) is 0 Å². The molecule has 0 fully saturated rings. The van der Waals surface area contributed by atoms with Crippen molar-refractivity contribution in [3.63, 3.8) is 0 Å². The molecule has 110 valence electrons. The number of hydrogen-bond donors (Lipinski definition) is 0. The van der Waals surface area contributed by atoms with Crippen LogP contribution in [-0.2, 0) is 0 Å². The molecule has 0 aliphatic rings. The highest BCUT2D eigenvalue weighted by molar-refractivity contribution is 5.66. The highest BCUT2D eigenvalue weighted by atomic mass is 16.5. The summed E-state index contributed by atoms with van der Waals surface area (Å²) in [6.07, 6.45) is 3.44. The number of aromatic nitrogens is 2. The summed E-state index contributed by atoms with van der Waals surface area (Å²) in [6, 6.07) is 14.0. The molecule has 0 N–H and O–H groups in total. The summed E-state index contributed by atoms with van der Waals surface area (Å²) >= 11 is 0. The lowest BCUT2D eigenvalue weighted by Crippen LogP contribution is -1.95. The highest BCUT2D eigenvalue weighted by Gasteiger charge is 2.11. The SMILES string of the molecule is Cc1cc(-c2nccnc2C)cc(C)c1Oc1ccccc1. The molecule has 0 saturated carbocycles. The van der Waals surface area contributed by atoms with E-state index in [1.165, 1.54) is 0 Å². The molecule has 0 aliphatic heterocycles. The molecule has 3 rings (SSSR count). The molecule has 1 heterocycles. The van der Waals surface area contributed by atoms with Gasteiger partial charge < -0.3 is 4.74 Å². The molecule has 22 heavy (non-hydrogen) atoms. The van der Waals surface area contributed by atoms with Crippen molar-refractivity contribution in [3.05, 3.63) is 71.7 Å². The number of ether oxygens (including phenoxy) is 1. The van der Waals surface area contributed by atoms with Crippen LogP contribution in [0, 0.1) is 20.8 Å².